The van der Waals surface area contributed by atoms with Gasteiger partial charge < -0.3 is 5.73 Å². The van der Waals surface area contributed by atoms with E-state index in [1.54, 1.807) is 0 Å². The van der Waals surface area contributed by atoms with Crippen LogP contribution in [0.1, 0.15) is 23.5 Å². The van der Waals surface area contributed by atoms with Crippen molar-refractivity contribution in [3.63, 3.8) is 0 Å². The molecule has 0 aliphatic heterocycles. The van der Waals surface area contributed by atoms with Crippen molar-refractivity contribution in [2.75, 3.05) is 0 Å². The standard InChI is InChI=1S/C17H17N5O/c18-16(23)11-15(9-12-5-2-1-3-6-12)13-7-4-8-14(10-13)17-19-21-22-20-17/h1-8,10,15H,9,11H2,(H2,18,23)(H,19,20,21,22). The highest BCUT2D eigenvalue weighted by atomic mass is 16.1. The number of H-pyrrole nitrogens is 1. The van der Waals surface area contributed by atoms with E-state index in [2.05, 4.69) is 32.8 Å². The summed E-state index contributed by atoms with van der Waals surface area (Å²) in [5.41, 5.74) is 8.51. The van der Waals surface area contributed by atoms with E-state index in [1.807, 2.05) is 42.5 Å². The molecule has 1 amide bonds. The Balaban J connectivity index is 1.90. The highest BCUT2D eigenvalue weighted by Crippen LogP contribution is 2.27. The van der Waals surface area contributed by atoms with Crippen LogP contribution in [0.5, 0.6) is 0 Å². The van der Waals surface area contributed by atoms with E-state index in [9.17, 15) is 4.79 Å². The topological polar surface area (TPSA) is 97.5 Å². The number of nitrogens with zero attached hydrogens (tertiary/aromatic N) is 3. The normalized spacial score (nSPS) is 12.0. The second-order valence-electron chi connectivity index (χ2n) is 5.42. The van der Waals surface area contributed by atoms with Crippen LogP contribution in [0.3, 0.4) is 0 Å². The van der Waals surface area contributed by atoms with Gasteiger partial charge in [-0.15, -0.1) is 10.2 Å². The van der Waals surface area contributed by atoms with Crippen LogP contribution in [0.2, 0.25) is 0 Å². The number of rotatable bonds is 6. The van der Waals surface area contributed by atoms with Crippen LogP contribution >= 0.6 is 0 Å². The SMILES string of the molecule is NC(=O)CC(Cc1ccccc1)c1cccc(-c2nn[nH]n2)c1. The molecule has 3 aromatic rings. The molecule has 3 rings (SSSR count). The number of aromatic nitrogens is 4. The summed E-state index contributed by atoms with van der Waals surface area (Å²) in [5.74, 6) is 0.238. The van der Waals surface area contributed by atoms with Gasteiger partial charge in [0.1, 0.15) is 0 Å². The fourth-order valence-corrected chi connectivity index (χ4v) is 2.67. The Bertz CT molecular complexity index is 771. The lowest BCUT2D eigenvalue weighted by Gasteiger charge is -2.16. The summed E-state index contributed by atoms with van der Waals surface area (Å²) < 4.78 is 0. The Morgan fingerprint density at radius 2 is 1.96 bits per heavy atom. The summed E-state index contributed by atoms with van der Waals surface area (Å²) in [6, 6.07) is 17.9. The minimum Gasteiger partial charge on any atom is -0.370 e. The van der Waals surface area contributed by atoms with E-state index in [1.165, 1.54) is 5.56 Å². The van der Waals surface area contributed by atoms with Crippen LogP contribution in [-0.2, 0) is 11.2 Å². The van der Waals surface area contributed by atoms with Crippen LogP contribution in [0.15, 0.2) is 54.6 Å². The third-order valence-electron chi connectivity index (χ3n) is 3.73. The van der Waals surface area contributed by atoms with Gasteiger partial charge in [0.2, 0.25) is 11.7 Å². The van der Waals surface area contributed by atoms with Gasteiger partial charge in [-0.3, -0.25) is 4.79 Å². The van der Waals surface area contributed by atoms with Crippen molar-refractivity contribution in [1.29, 1.82) is 0 Å². The van der Waals surface area contributed by atoms with Crippen LogP contribution in [0, 0.1) is 0 Å². The van der Waals surface area contributed by atoms with Gasteiger partial charge in [-0.05, 0) is 34.7 Å². The molecule has 0 aliphatic carbocycles. The number of nitrogens with two attached hydrogens (primary N) is 1. The molecule has 1 unspecified atom stereocenters. The van der Waals surface area contributed by atoms with Crippen molar-refractivity contribution >= 4 is 5.91 Å². The van der Waals surface area contributed by atoms with E-state index < -0.39 is 0 Å². The molecular weight excluding hydrogens is 290 g/mol. The van der Waals surface area contributed by atoms with Crippen molar-refractivity contribution in [3.05, 3.63) is 65.7 Å². The van der Waals surface area contributed by atoms with Gasteiger partial charge in [0.05, 0.1) is 0 Å². The number of benzene rings is 2. The lowest BCUT2D eigenvalue weighted by molar-refractivity contribution is -0.118. The number of primary amides is 1. The third kappa shape index (κ3) is 3.79. The Morgan fingerprint density at radius 1 is 1.13 bits per heavy atom. The summed E-state index contributed by atoms with van der Waals surface area (Å²) in [4.78, 5) is 11.5. The average Bonchev–Trinajstić information content (AvgIpc) is 3.09. The predicted octanol–water partition coefficient (Wildman–Crippen LogP) is 2.07. The van der Waals surface area contributed by atoms with Crippen molar-refractivity contribution in [2.24, 2.45) is 5.73 Å². The van der Waals surface area contributed by atoms with Gasteiger partial charge in [-0.25, -0.2) is 0 Å². The van der Waals surface area contributed by atoms with Crippen molar-refractivity contribution in [3.8, 4) is 11.4 Å². The van der Waals surface area contributed by atoms with Gasteiger partial charge in [0.25, 0.3) is 0 Å². The highest BCUT2D eigenvalue weighted by Gasteiger charge is 2.16. The van der Waals surface area contributed by atoms with Crippen molar-refractivity contribution in [2.45, 2.75) is 18.8 Å². The van der Waals surface area contributed by atoms with Crippen LogP contribution in [0.4, 0.5) is 0 Å². The summed E-state index contributed by atoms with van der Waals surface area (Å²) >= 11 is 0. The van der Waals surface area contributed by atoms with Crippen LogP contribution in [-0.4, -0.2) is 26.5 Å². The second kappa shape index (κ2) is 6.83. The lowest BCUT2D eigenvalue weighted by Crippen LogP contribution is -2.17. The Labute approximate surface area is 133 Å². The second-order valence-corrected chi connectivity index (χ2v) is 5.42. The first kappa shape index (κ1) is 14.9. The van der Waals surface area contributed by atoms with Gasteiger partial charge in [0.15, 0.2) is 0 Å². The van der Waals surface area contributed by atoms with Gasteiger partial charge in [-0.1, -0.05) is 48.5 Å². The summed E-state index contributed by atoms with van der Waals surface area (Å²) in [7, 11) is 0. The molecule has 6 heteroatoms. The average molecular weight is 307 g/mol. The molecule has 0 saturated heterocycles. The smallest absolute Gasteiger partial charge is 0.218 e. The fourth-order valence-electron chi connectivity index (χ4n) is 2.67. The zero-order valence-corrected chi connectivity index (χ0v) is 12.5. The zero-order valence-electron chi connectivity index (χ0n) is 12.5. The molecule has 3 N–H and O–H groups in total. The summed E-state index contributed by atoms with van der Waals surface area (Å²) in [6.07, 6.45) is 1.05. The number of carbonyl (C=O) groups excluding carboxylic acids is 1. The molecule has 116 valence electrons. The maximum Gasteiger partial charge on any atom is 0.218 e. The fraction of sp³-hybridized carbons (Fsp3) is 0.176. The number of hydrogen-bond acceptors (Lipinski definition) is 4. The van der Waals surface area contributed by atoms with Gasteiger partial charge in [-0.2, -0.15) is 5.21 Å². The Morgan fingerprint density at radius 3 is 2.65 bits per heavy atom. The molecule has 0 saturated carbocycles. The monoisotopic (exact) mass is 307 g/mol. The first-order valence-corrected chi connectivity index (χ1v) is 7.38. The molecular formula is C17H17N5O. The number of hydrogen-bond donors (Lipinski definition) is 2. The maximum atomic E-state index is 11.5. The maximum absolute atomic E-state index is 11.5. The Hall–Kier alpha value is -3.02. The predicted molar refractivity (Wildman–Crippen MR) is 86.3 cm³/mol. The number of nitrogens with one attached hydrogen (secondary N) is 1. The van der Waals surface area contributed by atoms with Crippen LogP contribution in [0.25, 0.3) is 11.4 Å². The molecule has 1 aromatic heterocycles. The first-order chi connectivity index (χ1) is 11.2. The van der Waals surface area contributed by atoms with E-state index in [0.29, 0.717) is 12.2 Å². The van der Waals surface area contributed by atoms with Crippen molar-refractivity contribution < 1.29 is 4.79 Å². The number of carbonyl (C=O) groups is 1. The van der Waals surface area contributed by atoms with Gasteiger partial charge in [0, 0.05) is 12.0 Å². The van der Waals surface area contributed by atoms with Crippen molar-refractivity contribution in [1.82, 2.24) is 20.6 Å². The number of tetrazole rings is 1. The van der Waals surface area contributed by atoms with Crippen LogP contribution < -0.4 is 5.73 Å². The summed E-state index contributed by atoms with van der Waals surface area (Å²) in [6.45, 7) is 0. The van der Waals surface area contributed by atoms with E-state index in [0.717, 1.165) is 17.5 Å². The lowest BCUT2D eigenvalue weighted by atomic mass is 9.88. The molecule has 0 spiro atoms. The molecule has 1 heterocycles. The van der Waals surface area contributed by atoms with E-state index in [-0.39, 0.29) is 11.8 Å². The highest BCUT2D eigenvalue weighted by molar-refractivity contribution is 5.75. The first-order valence-electron chi connectivity index (χ1n) is 7.38. The van der Waals surface area contributed by atoms with E-state index >= 15 is 0 Å². The zero-order chi connectivity index (χ0) is 16.1. The number of amides is 1. The quantitative estimate of drug-likeness (QED) is 0.728. The molecule has 6 nitrogen and oxygen atoms in total. The van der Waals surface area contributed by atoms with Gasteiger partial charge >= 0.3 is 0 Å². The molecule has 0 bridgehead atoms. The molecule has 23 heavy (non-hydrogen) atoms. The minimum atomic E-state index is -0.309. The van der Waals surface area contributed by atoms with E-state index in [4.69, 9.17) is 5.73 Å². The summed E-state index contributed by atoms with van der Waals surface area (Å²) in [5, 5.41) is 14.0. The third-order valence-corrected chi connectivity index (χ3v) is 3.73. The Kier molecular flexibility index (Phi) is 4.42. The molecule has 0 radical (unpaired) electrons. The largest absolute Gasteiger partial charge is 0.370 e. The molecule has 2 aromatic carbocycles. The molecule has 0 fully saturated rings. The molecule has 1 atom stereocenters. The molecule has 0 aliphatic rings. The number of aromatic amines is 1. The minimum absolute atomic E-state index is 0.0155.